The summed E-state index contributed by atoms with van der Waals surface area (Å²) < 4.78 is 36.6. The van der Waals surface area contributed by atoms with E-state index in [0.29, 0.717) is 11.3 Å². The number of anilines is 1. The lowest BCUT2D eigenvalue weighted by Gasteiger charge is -2.22. The summed E-state index contributed by atoms with van der Waals surface area (Å²) >= 11 is 5.87. The van der Waals surface area contributed by atoms with Crippen LogP contribution in [0.4, 0.5) is 18.9 Å². The third kappa shape index (κ3) is 4.09. The zero-order valence-electron chi connectivity index (χ0n) is 9.42. The second kappa shape index (κ2) is 5.14. The SMILES string of the molecule is CC(O)c1ccc(N(C)CC(F)(F)F)cc1Cl. The van der Waals surface area contributed by atoms with Gasteiger partial charge >= 0.3 is 6.18 Å². The van der Waals surface area contributed by atoms with Crippen molar-refractivity contribution in [3.05, 3.63) is 28.8 Å². The molecule has 2 nitrogen and oxygen atoms in total. The quantitative estimate of drug-likeness (QED) is 0.907. The van der Waals surface area contributed by atoms with Crippen LogP contribution in [0.15, 0.2) is 18.2 Å². The van der Waals surface area contributed by atoms with E-state index in [-0.39, 0.29) is 5.02 Å². The molecule has 17 heavy (non-hydrogen) atoms. The zero-order chi connectivity index (χ0) is 13.2. The Morgan fingerprint density at radius 1 is 1.41 bits per heavy atom. The van der Waals surface area contributed by atoms with Gasteiger partial charge in [0.1, 0.15) is 6.54 Å². The van der Waals surface area contributed by atoms with Crippen LogP contribution in [0.5, 0.6) is 0 Å². The van der Waals surface area contributed by atoms with E-state index in [0.717, 1.165) is 4.90 Å². The highest BCUT2D eigenvalue weighted by molar-refractivity contribution is 6.31. The number of aliphatic hydroxyl groups is 1. The molecule has 1 atom stereocenters. The van der Waals surface area contributed by atoms with Gasteiger partial charge in [0.2, 0.25) is 0 Å². The topological polar surface area (TPSA) is 23.5 Å². The lowest BCUT2D eigenvalue weighted by Crippen LogP contribution is -2.30. The summed E-state index contributed by atoms with van der Waals surface area (Å²) in [5.41, 5.74) is 0.854. The number of alkyl halides is 3. The second-order valence-electron chi connectivity index (χ2n) is 3.85. The maximum Gasteiger partial charge on any atom is 0.405 e. The molecule has 1 N–H and O–H groups in total. The van der Waals surface area contributed by atoms with Crippen molar-refractivity contribution in [2.24, 2.45) is 0 Å². The van der Waals surface area contributed by atoms with Gasteiger partial charge in [-0.15, -0.1) is 0 Å². The van der Waals surface area contributed by atoms with Crippen LogP contribution >= 0.6 is 11.6 Å². The predicted octanol–water partition coefficient (Wildman–Crippen LogP) is 3.39. The van der Waals surface area contributed by atoms with Crippen molar-refractivity contribution < 1.29 is 18.3 Å². The zero-order valence-corrected chi connectivity index (χ0v) is 10.2. The molecular formula is C11H13ClF3NO. The predicted molar refractivity (Wildman–Crippen MR) is 61.4 cm³/mol. The Hall–Kier alpha value is -0.940. The average molecular weight is 268 g/mol. The van der Waals surface area contributed by atoms with Crippen molar-refractivity contribution in [2.45, 2.75) is 19.2 Å². The number of rotatable bonds is 3. The van der Waals surface area contributed by atoms with E-state index in [1.165, 1.54) is 25.2 Å². The maximum absolute atomic E-state index is 12.2. The van der Waals surface area contributed by atoms with Gasteiger partial charge in [0.05, 0.1) is 6.10 Å². The highest BCUT2D eigenvalue weighted by Crippen LogP contribution is 2.28. The van der Waals surface area contributed by atoms with Crippen LogP contribution in [0.25, 0.3) is 0 Å². The first kappa shape index (κ1) is 14.1. The lowest BCUT2D eigenvalue weighted by molar-refractivity contribution is -0.119. The van der Waals surface area contributed by atoms with Gasteiger partial charge in [-0.2, -0.15) is 13.2 Å². The van der Waals surface area contributed by atoms with Gasteiger partial charge in [-0.3, -0.25) is 0 Å². The highest BCUT2D eigenvalue weighted by Gasteiger charge is 2.29. The minimum Gasteiger partial charge on any atom is -0.389 e. The molecule has 0 spiro atoms. The molecule has 0 heterocycles. The molecule has 0 aromatic heterocycles. The monoisotopic (exact) mass is 267 g/mol. The first-order valence-electron chi connectivity index (χ1n) is 4.96. The molecule has 0 fully saturated rings. The Balaban J connectivity index is 2.90. The Morgan fingerprint density at radius 2 is 2.00 bits per heavy atom. The molecule has 0 aliphatic rings. The number of nitrogens with zero attached hydrogens (tertiary/aromatic N) is 1. The number of hydrogen-bond donors (Lipinski definition) is 1. The van der Waals surface area contributed by atoms with Gasteiger partial charge in [0, 0.05) is 17.8 Å². The minimum absolute atomic E-state index is 0.256. The van der Waals surface area contributed by atoms with Crippen molar-refractivity contribution in [1.29, 1.82) is 0 Å². The molecular weight excluding hydrogens is 255 g/mol. The van der Waals surface area contributed by atoms with Crippen molar-refractivity contribution >= 4 is 17.3 Å². The van der Waals surface area contributed by atoms with E-state index in [2.05, 4.69) is 0 Å². The van der Waals surface area contributed by atoms with E-state index in [1.54, 1.807) is 6.92 Å². The van der Waals surface area contributed by atoms with E-state index >= 15 is 0 Å². The van der Waals surface area contributed by atoms with Crippen LogP contribution in [0.1, 0.15) is 18.6 Å². The summed E-state index contributed by atoms with van der Waals surface area (Å²) in [7, 11) is 1.33. The fourth-order valence-electron chi connectivity index (χ4n) is 1.45. The fourth-order valence-corrected chi connectivity index (χ4v) is 1.79. The Kier molecular flexibility index (Phi) is 4.27. The molecule has 0 radical (unpaired) electrons. The Labute approximate surface area is 103 Å². The summed E-state index contributed by atoms with van der Waals surface area (Å²) in [6.45, 7) is 0.498. The molecule has 6 heteroatoms. The van der Waals surface area contributed by atoms with Gasteiger partial charge < -0.3 is 10.0 Å². The van der Waals surface area contributed by atoms with Crippen LogP contribution in [0.2, 0.25) is 5.02 Å². The number of halogens is 4. The van der Waals surface area contributed by atoms with Crippen molar-refractivity contribution in [1.82, 2.24) is 0 Å². The normalized spacial score (nSPS) is 13.6. The molecule has 1 aromatic rings. The summed E-state index contributed by atoms with van der Waals surface area (Å²) in [6, 6.07) is 4.43. The first-order chi connectivity index (χ1) is 7.70. The third-order valence-electron chi connectivity index (χ3n) is 2.29. The second-order valence-corrected chi connectivity index (χ2v) is 4.26. The number of hydrogen-bond acceptors (Lipinski definition) is 2. The summed E-state index contributed by atoms with van der Waals surface area (Å²) in [4.78, 5) is 1.05. The van der Waals surface area contributed by atoms with E-state index in [1.807, 2.05) is 0 Å². The van der Waals surface area contributed by atoms with E-state index < -0.39 is 18.8 Å². The van der Waals surface area contributed by atoms with Crippen LogP contribution in [-0.2, 0) is 0 Å². The number of benzene rings is 1. The van der Waals surface area contributed by atoms with Crippen molar-refractivity contribution in [3.63, 3.8) is 0 Å². The number of aliphatic hydroxyl groups excluding tert-OH is 1. The van der Waals surface area contributed by atoms with Crippen molar-refractivity contribution in [2.75, 3.05) is 18.5 Å². The molecule has 96 valence electrons. The van der Waals surface area contributed by atoms with Crippen LogP contribution < -0.4 is 4.90 Å². The van der Waals surface area contributed by atoms with Crippen LogP contribution in [-0.4, -0.2) is 24.9 Å². The standard InChI is InChI=1S/C11H13ClF3NO/c1-7(17)9-4-3-8(5-10(9)12)16(2)6-11(13,14)15/h3-5,7,17H,6H2,1-2H3. The molecule has 1 aromatic carbocycles. The third-order valence-corrected chi connectivity index (χ3v) is 2.62. The van der Waals surface area contributed by atoms with Gasteiger partial charge in [-0.25, -0.2) is 0 Å². The molecule has 0 bridgehead atoms. The molecule has 1 unspecified atom stereocenters. The summed E-state index contributed by atoms with van der Waals surface area (Å²) in [5, 5.41) is 9.60. The summed E-state index contributed by atoms with van der Waals surface area (Å²) in [5.74, 6) is 0. The highest BCUT2D eigenvalue weighted by atomic mass is 35.5. The largest absolute Gasteiger partial charge is 0.405 e. The molecule has 0 saturated carbocycles. The maximum atomic E-state index is 12.2. The van der Waals surface area contributed by atoms with Gasteiger partial charge in [-0.05, 0) is 24.6 Å². The van der Waals surface area contributed by atoms with Crippen molar-refractivity contribution in [3.8, 4) is 0 Å². The molecule has 0 saturated heterocycles. The first-order valence-corrected chi connectivity index (χ1v) is 5.34. The molecule has 0 amide bonds. The average Bonchev–Trinajstić information content (AvgIpc) is 2.14. The molecule has 1 rings (SSSR count). The smallest absolute Gasteiger partial charge is 0.389 e. The lowest BCUT2D eigenvalue weighted by atomic mass is 10.1. The van der Waals surface area contributed by atoms with E-state index in [9.17, 15) is 18.3 Å². The van der Waals surface area contributed by atoms with Gasteiger partial charge in [0.25, 0.3) is 0 Å². The Bertz CT molecular complexity index is 393. The Morgan fingerprint density at radius 3 is 2.41 bits per heavy atom. The molecule has 0 aliphatic heterocycles. The van der Waals surface area contributed by atoms with Gasteiger partial charge in [0.15, 0.2) is 0 Å². The minimum atomic E-state index is -4.26. The van der Waals surface area contributed by atoms with E-state index in [4.69, 9.17) is 11.6 Å². The van der Waals surface area contributed by atoms with Crippen LogP contribution in [0, 0.1) is 0 Å². The van der Waals surface area contributed by atoms with Gasteiger partial charge in [-0.1, -0.05) is 17.7 Å². The summed E-state index contributed by atoms with van der Waals surface area (Å²) in [6.07, 6.45) is -5.01. The fraction of sp³-hybridized carbons (Fsp3) is 0.455. The van der Waals surface area contributed by atoms with Crippen LogP contribution in [0.3, 0.4) is 0 Å². The molecule has 0 aliphatic carbocycles.